The van der Waals surface area contributed by atoms with Crippen LogP contribution in [0.15, 0.2) is 22.8 Å². The highest BCUT2D eigenvalue weighted by Gasteiger charge is 1.84. The maximum atomic E-state index is 8.74. The molecule has 0 saturated carbocycles. The number of furan rings is 1. The summed E-state index contributed by atoms with van der Waals surface area (Å²) in [7, 11) is -4.67. The summed E-state index contributed by atoms with van der Waals surface area (Å²) >= 11 is 0. The fourth-order valence-corrected chi connectivity index (χ4v) is 0.270. The normalized spacial score (nSPS) is 10.0. The van der Waals surface area contributed by atoms with E-state index < -0.39 is 10.4 Å². The van der Waals surface area contributed by atoms with E-state index in [-0.39, 0.29) is 5.95 Å². The first-order valence-electron chi connectivity index (χ1n) is 2.32. The van der Waals surface area contributed by atoms with Crippen LogP contribution in [0, 0.1) is 0 Å². The number of hydrogen-bond acceptors (Lipinski definition) is 4. The topological polar surface area (TPSA) is 108 Å². The number of hydrogen-bond donors (Lipinski definition) is 3. The van der Waals surface area contributed by atoms with Crippen LogP contribution in [0.4, 0.5) is 0 Å². The minimum atomic E-state index is -4.67. The van der Waals surface area contributed by atoms with Crippen LogP contribution in [0.2, 0.25) is 0 Å². The molecule has 6 nitrogen and oxygen atoms in total. The monoisotopic (exact) mass is 182 g/mol. The molecule has 0 aliphatic heterocycles. The fourth-order valence-electron chi connectivity index (χ4n) is 0.270. The highest BCUT2D eigenvalue weighted by Crippen LogP contribution is 2.04. The molecule has 0 aromatic carbocycles. The second-order valence-corrected chi connectivity index (χ2v) is 2.29. The largest absolute Gasteiger partial charge is 0.481 e. The van der Waals surface area contributed by atoms with Gasteiger partial charge in [-0.2, -0.15) is 8.42 Å². The first kappa shape index (κ1) is 9.95. The Kier molecular flexibility index (Phi) is 3.58. The van der Waals surface area contributed by atoms with E-state index in [9.17, 15) is 0 Å². The molecule has 0 amide bonds. The molecule has 1 aromatic rings. The Labute approximate surface area is 62.7 Å². The van der Waals surface area contributed by atoms with Gasteiger partial charge < -0.3 is 9.52 Å². The van der Waals surface area contributed by atoms with E-state index >= 15 is 0 Å². The maximum absolute atomic E-state index is 8.74. The van der Waals surface area contributed by atoms with Crippen molar-refractivity contribution in [1.82, 2.24) is 0 Å². The van der Waals surface area contributed by atoms with E-state index in [1.54, 1.807) is 6.07 Å². The molecule has 0 bridgehead atoms. The van der Waals surface area contributed by atoms with Gasteiger partial charge in [0.1, 0.15) is 0 Å². The standard InChI is InChI=1S/C4H4O2.H2O4S/c5-4-2-1-3-6-4;1-5(2,3)4/h1-3,5H;(H2,1,2,3,4). The molecule has 1 aromatic heterocycles. The fraction of sp³-hybridized carbons (Fsp3) is 0. The summed E-state index contributed by atoms with van der Waals surface area (Å²) in [5.74, 6) is -0.0324. The Morgan fingerprint density at radius 3 is 1.91 bits per heavy atom. The van der Waals surface area contributed by atoms with Gasteiger partial charge in [0.2, 0.25) is 0 Å². The van der Waals surface area contributed by atoms with Crippen LogP contribution in [0.3, 0.4) is 0 Å². The predicted octanol–water partition coefficient (Wildman–Crippen LogP) is 0.332. The molecule has 0 radical (unpaired) electrons. The van der Waals surface area contributed by atoms with Gasteiger partial charge in [-0.25, -0.2) is 0 Å². The van der Waals surface area contributed by atoms with Gasteiger partial charge in [-0.3, -0.25) is 9.11 Å². The minimum absolute atomic E-state index is 0.0324. The van der Waals surface area contributed by atoms with Crippen molar-refractivity contribution in [3.05, 3.63) is 18.4 Å². The Bertz CT molecular complexity index is 264. The highest BCUT2D eigenvalue weighted by molar-refractivity contribution is 7.79. The molecule has 0 unspecified atom stereocenters. The molecule has 0 fully saturated rings. The van der Waals surface area contributed by atoms with Gasteiger partial charge in [-0.1, -0.05) is 0 Å². The number of aromatic hydroxyl groups is 1. The van der Waals surface area contributed by atoms with Crippen LogP contribution in [-0.4, -0.2) is 22.6 Å². The second kappa shape index (κ2) is 3.96. The van der Waals surface area contributed by atoms with Crippen molar-refractivity contribution < 1.29 is 27.0 Å². The van der Waals surface area contributed by atoms with Gasteiger partial charge in [0.05, 0.1) is 6.26 Å². The summed E-state index contributed by atoms with van der Waals surface area (Å²) in [6.07, 6.45) is 1.41. The van der Waals surface area contributed by atoms with Crippen molar-refractivity contribution in [3.63, 3.8) is 0 Å². The second-order valence-electron chi connectivity index (χ2n) is 1.40. The lowest BCUT2D eigenvalue weighted by Gasteiger charge is -1.69. The Morgan fingerprint density at radius 1 is 1.36 bits per heavy atom. The van der Waals surface area contributed by atoms with Crippen molar-refractivity contribution in [2.24, 2.45) is 0 Å². The number of rotatable bonds is 0. The summed E-state index contributed by atoms with van der Waals surface area (Å²) in [5, 5.41) is 8.31. The minimum Gasteiger partial charge on any atom is -0.481 e. The zero-order valence-corrected chi connectivity index (χ0v) is 6.02. The van der Waals surface area contributed by atoms with Gasteiger partial charge in [0.15, 0.2) is 0 Å². The van der Waals surface area contributed by atoms with E-state index in [0.717, 1.165) is 0 Å². The van der Waals surface area contributed by atoms with E-state index in [2.05, 4.69) is 4.42 Å². The summed E-state index contributed by atoms with van der Waals surface area (Å²) in [6, 6.07) is 3.09. The average molecular weight is 182 g/mol. The molecular weight excluding hydrogens is 176 g/mol. The third kappa shape index (κ3) is 12.2. The van der Waals surface area contributed by atoms with Crippen molar-refractivity contribution in [3.8, 4) is 5.95 Å². The van der Waals surface area contributed by atoms with Crippen LogP contribution in [0.1, 0.15) is 0 Å². The Hall–Kier alpha value is -1.05. The summed E-state index contributed by atoms with van der Waals surface area (Å²) < 4.78 is 36.0. The van der Waals surface area contributed by atoms with Crippen molar-refractivity contribution in [2.45, 2.75) is 0 Å². The zero-order chi connectivity index (χ0) is 8.91. The third-order valence-electron chi connectivity index (χ3n) is 0.506. The molecule has 64 valence electrons. The van der Waals surface area contributed by atoms with Gasteiger partial charge >= 0.3 is 10.4 Å². The van der Waals surface area contributed by atoms with Crippen LogP contribution in [0.5, 0.6) is 5.95 Å². The van der Waals surface area contributed by atoms with Gasteiger partial charge in [0, 0.05) is 6.07 Å². The van der Waals surface area contributed by atoms with Crippen molar-refractivity contribution >= 4 is 10.4 Å². The quantitative estimate of drug-likeness (QED) is 0.499. The SMILES string of the molecule is O=S(=O)(O)O.Oc1ccco1. The average Bonchev–Trinajstić information content (AvgIpc) is 2.12. The van der Waals surface area contributed by atoms with Gasteiger partial charge in [0.25, 0.3) is 5.95 Å². The first-order chi connectivity index (χ1) is 4.89. The van der Waals surface area contributed by atoms with Crippen LogP contribution < -0.4 is 0 Å². The summed E-state index contributed by atoms with van der Waals surface area (Å²) in [4.78, 5) is 0. The maximum Gasteiger partial charge on any atom is 0.394 e. The molecule has 0 aliphatic rings. The van der Waals surface area contributed by atoms with Crippen molar-refractivity contribution in [2.75, 3.05) is 0 Å². The lowest BCUT2D eigenvalue weighted by molar-refractivity contribution is 0.332. The van der Waals surface area contributed by atoms with Crippen LogP contribution in [-0.2, 0) is 10.4 Å². The van der Waals surface area contributed by atoms with E-state index in [0.29, 0.717) is 0 Å². The molecule has 0 atom stereocenters. The highest BCUT2D eigenvalue weighted by atomic mass is 32.3. The lowest BCUT2D eigenvalue weighted by Crippen LogP contribution is -1.89. The molecular formula is C4H6O6S. The molecule has 0 aliphatic carbocycles. The molecule has 7 heteroatoms. The first-order valence-corrected chi connectivity index (χ1v) is 3.71. The molecule has 3 N–H and O–H groups in total. The van der Waals surface area contributed by atoms with Gasteiger partial charge in [-0.05, 0) is 6.07 Å². The zero-order valence-electron chi connectivity index (χ0n) is 5.21. The molecule has 0 saturated heterocycles. The van der Waals surface area contributed by atoms with Crippen LogP contribution in [0.25, 0.3) is 0 Å². The van der Waals surface area contributed by atoms with Crippen LogP contribution >= 0.6 is 0 Å². The summed E-state index contributed by atoms with van der Waals surface area (Å²) in [6.45, 7) is 0. The Balaban J connectivity index is 0.000000187. The Morgan fingerprint density at radius 2 is 1.82 bits per heavy atom. The third-order valence-corrected chi connectivity index (χ3v) is 0.506. The van der Waals surface area contributed by atoms with E-state index in [4.69, 9.17) is 22.6 Å². The van der Waals surface area contributed by atoms with Crippen molar-refractivity contribution in [1.29, 1.82) is 0 Å². The van der Waals surface area contributed by atoms with Gasteiger partial charge in [-0.15, -0.1) is 0 Å². The lowest BCUT2D eigenvalue weighted by atomic mass is 10.7. The molecule has 11 heavy (non-hydrogen) atoms. The smallest absolute Gasteiger partial charge is 0.394 e. The van der Waals surface area contributed by atoms with E-state index in [1.807, 2.05) is 0 Å². The summed E-state index contributed by atoms with van der Waals surface area (Å²) in [5.41, 5.74) is 0. The predicted molar refractivity (Wildman–Crippen MR) is 34.6 cm³/mol. The molecule has 1 rings (SSSR count). The van der Waals surface area contributed by atoms with E-state index in [1.165, 1.54) is 12.3 Å². The molecule has 1 heterocycles. The molecule has 0 spiro atoms.